The first-order valence-electron chi connectivity index (χ1n) is 11.2. The second-order valence-electron chi connectivity index (χ2n) is 9.67. The Bertz CT molecular complexity index is 801. The van der Waals surface area contributed by atoms with Gasteiger partial charge in [0.05, 0.1) is 10.9 Å². The minimum atomic E-state index is -3.36. The molecule has 2 aliphatic rings. The molecule has 1 aromatic carbocycles. The minimum Gasteiger partial charge on any atom is -0.490 e. The fourth-order valence-electron chi connectivity index (χ4n) is 4.11. The van der Waals surface area contributed by atoms with Gasteiger partial charge in [-0.1, -0.05) is 6.42 Å². The van der Waals surface area contributed by atoms with E-state index in [1.54, 1.807) is 20.8 Å². The van der Waals surface area contributed by atoms with Gasteiger partial charge < -0.3 is 10.1 Å². The van der Waals surface area contributed by atoms with Crippen molar-refractivity contribution < 1.29 is 17.9 Å². The zero-order valence-corrected chi connectivity index (χ0v) is 19.3. The third kappa shape index (κ3) is 6.20. The summed E-state index contributed by atoms with van der Waals surface area (Å²) in [5.74, 6) is 0.776. The molecule has 6 nitrogen and oxygen atoms in total. The Balaban J connectivity index is 1.45. The summed E-state index contributed by atoms with van der Waals surface area (Å²) in [5.41, 5.74) is 0.770. The molecule has 1 aromatic rings. The largest absolute Gasteiger partial charge is 0.490 e. The van der Waals surface area contributed by atoms with Gasteiger partial charge in [-0.15, -0.1) is 0 Å². The number of carbonyl (C=O) groups is 1. The molecule has 168 valence electrons. The van der Waals surface area contributed by atoms with Gasteiger partial charge in [-0.05, 0) is 96.4 Å². The van der Waals surface area contributed by atoms with Crippen molar-refractivity contribution in [2.75, 3.05) is 5.32 Å². The van der Waals surface area contributed by atoms with Crippen LogP contribution in [0.5, 0.6) is 5.75 Å². The smallest absolute Gasteiger partial charge is 0.227 e. The molecule has 2 N–H and O–H groups in total. The maximum absolute atomic E-state index is 12.6. The summed E-state index contributed by atoms with van der Waals surface area (Å²) in [6.45, 7) is 5.08. The Morgan fingerprint density at radius 2 is 1.53 bits per heavy atom. The van der Waals surface area contributed by atoms with E-state index in [0.717, 1.165) is 24.3 Å². The van der Waals surface area contributed by atoms with Crippen molar-refractivity contribution in [1.29, 1.82) is 0 Å². The fourth-order valence-corrected chi connectivity index (χ4v) is 5.13. The fraction of sp³-hybridized carbons (Fsp3) is 0.696. The van der Waals surface area contributed by atoms with Crippen LogP contribution in [0.25, 0.3) is 0 Å². The summed E-state index contributed by atoms with van der Waals surface area (Å²) >= 11 is 0. The van der Waals surface area contributed by atoms with Crippen molar-refractivity contribution in [3.8, 4) is 5.75 Å². The van der Waals surface area contributed by atoms with Gasteiger partial charge in [0.2, 0.25) is 15.9 Å². The molecule has 2 fully saturated rings. The van der Waals surface area contributed by atoms with Gasteiger partial charge in [0.1, 0.15) is 5.75 Å². The standard InChI is InChI=1S/C23H36N2O4S/c1-23(2,3)30(27,28)25-19-11-9-17(10-12-19)22(26)24-18-13-15-21(16-14-18)29-20-7-5-4-6-8-20/h13-17,19-20,25H,4-12H2,1-3H3,(H,24,26)/t17-,19-. The monoisotopic (exact) mass is 436 g/mol. The lowest BCUT2D eigenvalue weighted by atomic mass is 9.86. The first kappa shape index (κ1) is 23.1. The van der Waals surface area contributed by atoms with E-state index in [-0.39, 0.29) is 17.9 Å². The number of rotatable bonds is 6. The topological polar surface area (TPSA) is 84.5 Å². The van der Waals surface area contributed by atoms with Crippen molar-refractivity contribution in [2.45, 2.75) is 95.5 Å². The quantitative estimate of drug-likeness (QED) is 0.682. The van der Waals surface area contributed by atoms with Gasteiger partial charge in [-0.3, -0.25) is 4.79 Å². The van der Waals surface area contributed by atoms with Crippen LogP contribution in [0.15, 0.2) is 24.3 Å². The normalized spacial score (nSPS) is 23.7. The summed E-state index contributed by atoms with van der Waals surface area (Å²) in [6, 6.07) is 7.53. The van der Waals surface area contributed by atoms with Crippen molar-refractivity contribution in [3.05, 3.63) is 24.3 Å². The summed E-state index contributed by atoms with van der Waals surface area (Å²) < 4.78 is 32.7. The lowest BCUT2D eigenvalue weighted by molar-refractivity contribution is -0.120. The van der Waals surface area contributed by atoms with E-state index in [2.05, 4.69) is 10.0 Å². The van der Waals surface area contributed by atoms with Gasteiger partial charge in [0.25, 0.3) is 0 Å². The average molecular weight is 437 g/mol. The molecule has 0 heterocycles. The molecule has 2 saturated carbocycles. The third-order valence-corrected chi connectivity index (χ3v) is 8.46. The Hall–Kier alpha value is -1.60. The SMILES string of the molecule is CC(C)(C)S(=O)(=O)N[C@H]1CC[C@H](C(=O)Nc2ccc(OC3CCCCC3)cc2)CC1. The number of sulfonamides is 1. The predicted molar refractivity (Wildman–Crippen MR) is 120 cm³/mol. The highest BCUT2D eigenvalue weighted by molar-refractivity contribution is 7.90. The Morgan fingerprint density at radius 3 is 2.10 bits per heavy atom. The number of amides is 1. The molecule has 0 saturated heterocycles. The maximum atomic E-state index is 12.6. The lowest BCUT2D eigenvalue weighted by Gasteiger charge is -2.30. The molecule has 1 amide bonds. The van der Waals surface area contributed by atoms with Gasteiger partial charge >= 0.3 is 0 Å². The molecule has 0 unspecified atom stereocenters. The van der Waals surface area contributed by atoms with Crippen LogP contribution in [0.1, 0.15) is 78.6 Å². The van der Waals surface area contributed by atoms with E-state index in [9.17, 15) is 13.2 Å². The van der Waals surface area contributed by atoms with Gasteiger partial charge in [0, 0.05) is 17.6 Å². The second-order valence-corrected chi connectivity index (χ2v) is 12.1. The zero-order chi connectivity index (χ0) is 21.8. The van der Waals surface area contributed by atoms with Crippen LogP contribution in [0.3, 0.4) is 0 Å². The number of hydrogen-bond acceptors (Lipinski definition) is 4. The lowest BCUT2D eigenvalue weighted by Crippen LogP contribution is -2.46. The average Bonchev–Trinajstić information content (AvgIpc) is 2.70. The summed E-state index contributed by atoms with van der Waals surface area (Å²) in [6.07, 6.45) is 9.05. The summed E-state index contributed by atoms with van der Waals surface area (Å²) in [4.78, 5) is 12.6. The molecule has 0 aliphatic heterocycles. The Morgan fingerprint density at radius 1 is 0.933 bits per heavy atom. The maximum Gasteiger partial charge on any atom is 0.227 e. The zero-order valence-electron chi connectivity index (χ0n) is 18.4. The van der Waals surface area contributed by atoms with Crippen LogP contribution >= 0.6 is 0 Å². The van der Waals surface area contributed by atoms with Crippen LogP contribution in [-0.2, 0) is 14.8 Å². The van der Waals surface area contributed by atoms with Crippen molar-refractivity contribution in [3.63, 3.8) is 0 Å². The van der Waals surface area contributed by atoms with E-state index in [1.165, 1.54) is 19.3 Å². The summed E-state index contributed by atoms with van der Waals surface area (Å²) in [7, 11) is -3.36. The molecule has 7 heteroatoms. The van der Waals surface area contributed by atoms with Crippen LogP contribution in [0.2, 0.25) is 0 Å². The van der Waals surface area contributed by atoms with Crippen molar-refractivity contribution in [2.24, 2.45) is 5.92 Å². The van der Waals surface area contributed by atoms with E-state index in [4.69, 9.17) is 4.74 Å². The molecule has 30 heavy (non-hydrogen) atoms. The third-order valence-electron chi connectivity index (χ3n) is 6.20. The van der Waals surface area contributed by atoms with Gasteiger partial charge in [0.15, 0.2) is 0 Å². The Labute approximate surface area is 181 Å². The van der Waals surface area contributed by atoms with Crippen molar-refractivity contribution in [1.82, 2.24) is 4.72 Å². The number of ether oxygens (including phenoxy) is 1. The number of carbonyl (C=O) groups excluding carboxylic acids is 1. The number of nitrogens with one attached hydrogen (secondary N) is 2. The van der Waals surface area contributed by atoms with Crippen molar-refractivity contribution >= 4 is 21.6 Å². The first-order valence-corrected chi connectivity index (χ1v) is 12.7. The van der Waals surface area contributed by atoms with E-state index >= 15 is 0 Å². The van der Waals surface area contributed by atoms with Crippen LogP contribution < -0.4 is 14.8 Å². The van der Waals surface area contributed by atoms with Gasteiger partial charge in [-0.25, -0.2) is 13.1 Å². The number of hydrogen-bond donors (Lipinski definition) is 2. The molecule has 3 rings (SSSR count). The highest BCUT2D eigenvalue weighted by Gasteiger charge is 2.34. The predicted octanol–water partition coefficient (Wildman–Crippen LogP) is 4.61. The Kier molecular flexibility index (Phi) is 7.45. The van der Waals surface area contributed by atoms with Gasteiger partial charge in [-0.2, -0.15) is 0 Å². The van der Waals surface area contributed by atoms with E-state index in [0.29, 0.717) is 31.8 Å². The molecule has 0 atom stereocenters. The molecule has 0 spiro atoms. The van der Waals surface area contributed by atoms with E-state index < -0.39 is 14.8 Å². The van der Waals surface area contributed by atoms with Crippen LogP contribution in [0.4, 0.5) is 5.69 Å². The number of anilines is 1. The first-order chi connectivity index (χ1) is 14.1. The molecule has 0 radical (unpaired) electrons. The van der Waals surface area contributed by atoms with Crippen LogP contribution in [-0.4, -0.2) is 31.2 Å². The molecule has 2 aliphatic carbocycles. The van der Waals surface area contributed by atoms with E-state index in [1.807, 2.05) is 24.3 Å². The highest BCUT2D eigenvalue weighted by atomic mass is 32.2. The minimum absolute atomic E-state index is 0.00748. The van der Waals surface area contributed by atoms with Crippen LogP contribution in [0, 0.1) is 5.92 Å². The molecular weight excluding hydrogens is 400 g/mol. The second kappa shape index (κ2) is 9.69. The highest BCUT2D eigenvalue weighted by Crippen LogP contribution is 2.28. The number of benzene rings is 1. The molecule has 0 aromatic heterocycles. The molecule has 0 bridgehead atoms. The molecular formula is C23H36N2O4S. The summed E-state index contributed by atoms with van der Waals surface area (Å²) in [5, 5.41) is 3.00.